The standard InChI is InChI=1S/C28H34BNO4/c1-2-3-17-32-18-19-33-26-16-10-15-25-27(34-29(31)28(25)26)22-30(20-23-11-6-4-7-12-23)21-24-13-8-5-9-14-24/h4-16,27,31H,2-3,17-22H2,1H3/t27-/m1/s1. The minimum atomic E-state index is -0.993. The fourth-order valence-electron chi connectivity index (χ4n) is 4.33. The Balaban J connectivity index is 1.45. The lowest BCUT2D eigenvalue weighted by Crippen LogP contribution is -2.30. The highest BCUT2D eigenvalue weighted by molar-refractivity contribution is 6.62. The zero-order valence-electron chi connectivity index (χ0n) is 19.9. The second-order valence-corrected chi connectivity index (χ2v) is 8.69. The van der Waals surface area contributed by atoms with Crippen molar-refractivity contribution in [3.63, 3.8) is 0 Å². The summed E-state index contributed by atoms with van der Waals surface area (Å²) in [5.41, 5.74) is 4.22. The molecule has 0 aliphatic carbocycles. The van der Waals surface area contributed by atoms with E-state index in [1.54, 1.807) is 0 Å². The first-order valence-corrected chi connectivity index (χ1v) is 12.2. The largest absolute Gasteiger partial charge is 0.495 e. The van der Waals surface area contributed by atoms with Gasteiger partial charge in [0.05, 0.1) is 12.7 Å². The van der Waals surface area contributed by atoms with Crippen molar-refractivity contribution in [1.82, 2.24) is 4.90 Å². The fraction of sp³-hybridized carbons (Fsp3) is 0.357. The van der Waals surface area contributed by atoms with E-state index >= 15 is 0 Å². The number of unbranched alkanes of at least 4 members (excludes halogenated alkanes) is 1. The molecule has 0 amide bonds. The van der Waals surface area contributed by atoms with E-state index in [1.165, 1.54) is 11.1 Å². The monoisotopic (exact) mass is 459 g/mol. The molecule has 1 aliphatic heterocycles. The Hall–Kier alpha value is -2.64. The van der Waals surface area contributed by atoms with Crippen LogP contribution in [0.3, 0.4) is 0 Å². The minimum Gasteiger partial charge on any atom is -0.492 e. The highest BCUT2D eigenvalue weighted by Gasteiger charge is 2.38. The van der Waals surface area contributed by atoms with Gasteiger partial charge < -0.3 is 19.2 Å². The van der Waals surface area contributed by atoms with Gasteiger partial charge in [0.25, 0.3) is 0 Å². The second-order valence-electron chi connectivity index (χ2n) is 8.69. The fourth-order valence-corrected chi connectivity index (χ4v) is 4.33. The van der Waals surface area contributed by atoms with Crippen molar-refractivity contribution in [2.45, 2.75) is 39.0 Å². The first-order chi connectivity index (χ1) is 16.7. The van der Waals surface area contributed by atoms with Crippen LogP contribution in [0.5, 0.6) is 5.75 Å². The molecule has 0 bridgehead atoms. The third-order valence-corrected chi connectivity index (χ3v) is 6.04. The van der Waals surface area contributed by atoms with Gasteiger partial charge in [-0.25, -0.2) is 0 Å². The molecule has 3 aromatic carbocycles. The molecule has 3 aromatic rings. The number of nitrogens with zero attached hydrogens (tertiary/aromatic N) is 1. The van der Waals surface area contributed by atoms with Crippen LogP contribution in [0.2, 0.25) is 0 Å². The van der Waals surface area contributed by atoms with E-state index in [-0.39, 0.29) is 6.10 Å². The van der Waals surface area contributed by atoms with Crippen LogP contribution in [0.4, 0.5) is 0 Å². The molecule has 1 aliphatic rings. The zero-order chi connectivity index (χ0) is 23.6. The van der Waals surface area contributed by atoms with Crippen LogP contribution in [0.25, 0.3) is 0 Å². The lowest BCUT2D eigenvalue weighted by atomic mass is 9.78. The number of hydrogen-bond acceptors (Lipinski definition) is 5. The number of ether oxygens (including phenoxy) is 2. The predicted molar refractivity (Wildman–Crippen MR) is 136 cm³/mol. The summed E-state index contributed by atoms with van der Waals surface area (Å²) in [5.74, 6) is 0.671. The number of rotatable bonds is 13. The van der Waals surface area contributed by atoms with E-state index in [0.717, 1.165) is 43.6 Å². The molecule has 0 saturated carbocycles. The Kier molecular flexibility index (Phi) is 9.16. The third kappa shape index (κ3) is 6.70. The van der Waals surface area contributed by atoms with Gasteiger partial charge in [0.15, 0.2) is 0 Å². The molecular weight excluding hydrogens is 425 g/mol. The van der Waals surface area contributed by atoms with Crippen LogP contribution >= 0.6 is 0 Å². The molecule has 0 saturated heterocycles. The molecule has 178 valence electrons. The molecule has 5 nitrogen and oxygen atoms in total. The van der Waals surface area contributed by atoms with E-state index in [4.69, 9.17) is 14.1 Å². The van der Waals surface area contributed by atoms with Gasteiger partial charge in [-0.15, -0.1) is 0 Å². The van der Waals surface area contributed by atoms with Crippen molar-refractivity contribution in [1.29, 1.82) is 0 Å². The Morgan fingerprint density at radius 2 is 1.53 bits per heavy atom. The van der Waals surface area contributed by atoms with Crippen molar-refractivity contribution >= 4 is 12.6 Å². The Bertz CT molecular complexity index is 960. The van der Waals surface area contributed by atoms with Crippen molar-refractivity contribution in [3.05, 3.63) is 95.6 Å². The number of benzene rings is 3. The Labute approximate surface area is 203 Å². The normalized spacial score (nSPS) is 15.0. The van der Waals surface area contributed by atoms with E-state index in [9.17, 15) is 5.02 Å². The summed E-state index contributed by atoms with van der Waals surface area (Å²) in [5, 5.41) is 10.7. The summed E-state index contributed by atoms with van der Waals surface area (Å²) in [6.07, 6.45) is 1.93. The predicted octanol–water partition coefficient (Wildman–Crippen LogP) is 4.34. The lowest BCUT2D eigenvalue weighted by molar-refractivity contribution is 0.0983. The molecule has 0 unspecified atom stereocenters. The van der Waals surface area contributed by atoms with Crippen LogP contribution < -0.4 is 10.2 Å². The average molecular weight is 459 g/mol. The SMILES string of the molecule is CCCCOCCOc1cccc2c1B(O)O[C@@H]2CN(Cc1ccccc1)Cc1ccccc1. The van der Waals surface area contributed by atoms with E-state index in [1.807, 2.05) is 30.3 Å². The molecule has 0 fully saturated rings. The van der Waals surface area contributed by atoms with Crippen LogP contribution in [-0.2, 0) is 22.5 Å². The van der Waals surface area contributed by atoms with Gasteiger partial charge in [-0.1, -0.05) is 86.1 Å². The first kappa shape index (κ1) is 24.5. The third-order valence-electron chi connectivity index (χ3n) is 6.04. The minimum absolute atomic E-state index is 0.234. The molecule has 0 aromatic heterocycles. The summed E-state index contributed by atoms with van der Waals surface area (Å²) >= 11 is 0. The molecule has 1 atom stereocenters. The lowest BCUT2D eigenvalue weighted by Gasteiger charge is -2.26. The molecule has 0 spiro atoms. The smallest absolute Gasteiger partial charge is 0.492 e. The topological polar surface area (TPSA) is 51.2 Å². The summed E-state index contributed by atoms with van der Waals surface area (Å²) in [6, 6.07) is 26.8. The van der Waals surface area contributed by atoms with Gasteiger partial charge in [0.1, 0.15) is 12.4 Å². The maximum atomic E-state index is 10.7. The van der Waals surface area contributed by atoms with E-state index in [0.29, 0.717) is 25.5 Å². The summed E-state index contributed by atoms with van der Waals surface area (Å²) in [4.78, 5) is 2.37. The maximum Gasteiger partial charge on any atom is 0.495 e. The van der Waals surface area contributed by atoms with E-state index < -0.39 is 7.12 Å². The van der Waals surface area contributed by atoms with Gasteiger partial charge in [-0.2, -0.15) is 0 Å². The summed E-state index contributed by atoms with van der Waals surface area (Å²) in [6.45, 7) is 6.14. The van der Waals surface area contributed by atoms with Gasteiger partial charge in [-0.05, 0) is 29.2 Å². The van der Waals surface area contributed by atoms with Gasteiger partial charge in [0, 0.05) is 31.7 Å². The molecule has 1 heterocycles. The van der Waals surface area contributed by atoms with Crippen molar-refractivity contribution < 1.29 is 19.2 Å². The Morgan fingerprint density at radius 1 is 0.853 bits per heavy atom. The van der Waals surface area contributed by atoms with Crippen LogP contribution in [0.1, 0.15) is 42.6 Å². The van der Waals surface area contributed by atoms with Crippen LogP contribution in [-0.4, -0.2) is 43.4 Å². The number of fused-ring (bicyclic) bond motifs is 1. The van der Waals surface area contributed by atoms with Gasteiger partial charge in [0.2, 0.25) is 0 Å². The van der Waals surface area contributed by atoms with Crippen LogP contribution in [0, 0.1) is 0 Å². The van der Waals surface area contributed by atoms with Crippen molar-refractivity contribution in [2.24, 2.45) is 0 Å². The highest BCUT2D eigenvalue weighted by atomic mass is 16.5. The molecular formula is C28H34BNO4. The second kappa shape index (κ2) is 12.7. The summed E-state index contributed by atoms with van der Waals surface area (Å²) in [7, 11) is -0.993. The summed E-state index contributed by atoms with van der Waals surface area (Å²) < 4.78 is 17.6. The highest BCUT2D eigenvalue weighted by Crippen LogP contribution is 2.29. The van der Waals surface area contributed by atoms with Crippen molar-refractivity contribution in [2.75, 3.05) is 26.4 Å². The maximum absolute atomic E-state index is 10.7. The molecule has 34 heavy (non-hydrogen) atoms. The first-order valence-electron chi connectivity index (χ1n) is 12.2. The number of hydrogen-bond donors (Lipinski definition) is 1. The van der Waals surface area contributed by atoms with Crippen LogP contribution in [0.15, 0.2) is 78.9 Å². The van der Waals surface area contributed by atoms with Crippen molar-refractivity contribution in [3.8, 4) is 5.75 Å². The van der Waals surface area contributed by atoms with E-state index in [2.05, 4.69) is 60.4 Å². The van der Waals surface area contributed by atoms with Gasteiger partial charge in [-0.3, -0.25) is 4.90 Å². The average Bonchev–Trinajstić information content (AvgIpc) is 3.18. The molecule has 6 heteroatoms. The van der Waals surface area contributed by atoms with Gasteiger partial charge >= 0.3 is 7.12 Å². The molecule has 4 rings (SSSR count). The Morgan fingerprint density at radius 3 is 2.18 bits per heavy atom. The zero-order valence-corrected chi connectivity index (χ0v) is 19.9. The molecule has 1 N–H and O–H groups in total. The molecule has 0 radical (unpaired) electrons. The quantitative estimate of drug-likeness (QED) is 0.305.